The van der Waals surface area contributed by atoms with E-state index in [2.05, 4.69) is 33.2 Å². The molecule has 0 amide bonds. The van der Waals surface area contributed by atoms with Gasteiger partial charge in [-0.2, -0.15) is 0 Å². The van der Waals surface area contributed by atoms with Gasteiger partial charge >= 0.3 is 0 Å². The summed E-state index contributed by atoms with van der Waals surface area (Å²) >= 11 is 3.34. The summed E-state index contributed by atoms with van der Waals surface area (Å²) in [6.07, 6.45) is 1.68. The molecular formula is C12H13BrN2O. The lowest BCUT2D eigenvalue weighted by Crippen LogP contribution is -2.07. The van der Waals surface area contributed by atoms with E-state index in [-0.39, 0.29) is 6.04 Å². The third-order valence-electron chi connectivity index (χ3n) is 2.39. The lowest BCUT2D eigenvalue weighted by molar-refractivity contribution is 0.490. The van der Waals surface area contributed by atoms with E-state index in [1.807, 2.05) is 31.2 Å². The first-order chi connectivity index (χ1) is 7.66. The summed E-state index contributed by atoms with van der Waals surface area (Å²) in [5.41, 5.74) is 1.99. The molecule has 2 aromatic rings. The van der Waals surface area contributed by atoms with Crippen LogP contribution < -0.4 is 5.32 Å². The van der Waals surface area contributed by atoms with Crippen molar-refractivity contribution in [1.82, 2.24) is 4.98 Å². The van der Waals surface area contributed by atoms with Crippen molar-refractivity contribution in [1.29, 1.82) is 0 Å². The molecule has 16 heavy (non-hydrogen) atoms. The minimum absolute atomic E-state index is 0.136. The fourth-order valence-corrected chi connectivity index (χ4v) is 1.92. The Kier molecular flexibility index (Phi) is 3.29. The predicted molar refractivity (Wildman–Crippen MR) is 67.4 cm³/mol. The first-order valence-electron chi connectivity index (χ1n) is 5.10. The fraction of sp³-hybridized carbons (Fsp3) is 0.250. The summed E-state index contributed by atoms with van der Waals surface area (Å²) in [4.78, 5) is 4.33. The van der Waals surface area contributed by atoms with Crippen molar-refractivity contribution in [3.63, 3.8) is 0 Å². The van der Waals surface area contributed by atoms with Gasteiger partial charge in [-0.15, -0.1) is 0 Å². The number of hydrogen-bond donors (Lipinski definition) is 1. The Morgan fingerprint density at radius 3 is 2.81 bits per heavy atom. The zero-order valence-corrected chi connectivity index (χ0v) is 10.8. The van der Waals surface area contributed by atoms with Crippen LogP contribution in [0.1, 0.15) is 24.4 Å². The predicted octanol–water partition coefficient (Wildman–Crippen LogP) is 3.92. The smallest absolute Gasteiger partial charge is 0.125 e. The van der Waals surface area contributed by atoms with Gasteiger partial charge in [0.05, 0.1) is 23.7 Å². The van der Waals surface area contributed by atoms with E-state index >= 15 is 0 Å². The summed E-state index contributed by atoms with van der Waals surface area (Å²) in [5, 5.41) is 3.36. The SMILES string of the molecule is Cc1nc(Br)ccc1NC(C)c1ccco1. The number of aryl methyl sites for hydroxylation is 1. The molecular weight excluding hydrogens is 268 g/mol. The molecule has 0 radical (unpaired) electrons. The molecule has 1 atom stereocenters. The van der Waals surface area contributed by atoms with Crippen LogP contribution in [-0.2, 0) is 0 Å². The first-order valence-corrected chi connectivity index (χ1v) is 5.89. The van der Waals surface area contributed by atoms with Gasteiger partial charge in [0.2, 0.25) is 0 Å². The number of furan rings is 1. The highest BCUT2D eigenvalue weighted by Crippen LogP contribution is 2.22. The quantitative estimate of drug-likeness (QED) is 0.866. The topological polar surface area (TPSA) is 38.1 Å². The Morgan fingerprint density at radius 2 is 2.19 bits per heavy atom. The number of nitrogens with zero attached hydrogens (tertiary/aromatic N) is 1. The van der Waals surface area contributed by atoms with Crippen LogP contribution in [0, 0.1) is 6.92 Å². The van der Waals surface area contributed by atoms with Crippen molar-refractivity contribution in [3.8, 4) is 0 Å². The van der Waals surface area contributed by atoms with E-state index in [1.54, 1.807) is 6.26 Å². The molecule has 2 aromatic heterocycles. The molecule has 84 valence electrons. The van der Waals surface area contributed by atoms with Crippen molar-refractivity contribution in [3.05, 3.63) is 46.6 Å². The molecule has 1 N–H and O–H groups in total. The minimum Gasteiger partial charge on any atom is -0.467 e. The molecule has 0 fully saturated rings. The monoisotopic (exact) mass is 280 g/mol. The molecule has 2 heterocycles. The lowest BCUT2D eigenvalue weighted by atomic mass is 10.2. The molecule has 0 aliphatic heterocycles. The number of aromatic nitrogens is 1. The van der Waals surface area contributed by atoms with E-state index in [4.69, 9.17) is 4.42 Å². The number of nitrogens with one attached hydrogen (secondary N) is 1. The Hall–Kier alpha value is -1.29. The van der Waals surface area contributed by atoms with Gasteiger partial charge < -0.3 is 9.73 Å². The third-order valence-corrected chi connectivity index (χ3v) is 2.84. The summed E-state index contributed by atoms with van der Waals surface area (Å²) in [6.45, 7) is 4.03. The van der Waals surface area contributed by atoms with Crippen LogP contribution in [-0.4, -0.2) is 4.98 Å². The van der Waals surface area contributed by atoms with Crippen LogP contribution in [0.3, 0.4) is 0 Å². The highest BCUT2D eigenvalue weighted by atomic mass is 79.9. The number of rotatable bonds is 3. The van der Waals surface area contributed by atoms with Gasteiger partial charge in [0, 0.05) is 0 Å². The zero-order valence-electron chi connectivity index (χ0n) is 9.20. The van der Waals surface area contributed by atoms with Gasteiger partial charge in [-0.05, 0) is 54.0 Å². The second-order valence-electron chi connectivity index (χ2n) is 3.65. The molecule has 3 nitrogen and oxygen atoms in total. The van der Waals surface area contributed by atoms with Crippen molar-refractivity contribution in [2.24, 2.45) is 0 Å². The first kappa shape index (κ1) is 11.2. The molecule has 0 aromatic carbocycles. The second kappa shape index (κ2) is 4.70. The highest BCUT2D eigenvalue weighted by Gasteiger charge is 2.09. The molecule has 0 saturated carbocycles. The van der Waals surface area contributed by atoms with Crippen LogP contribution in [0.4, 0.5) is 5.69 Å². The number of halogens is 1. The maximum Gasteiger partial charge on any atom is 0.125 e. The molecule has 4 heteroatoms. The summed E-state index contributed by atoms with van der Waals surface area (Å²) < 4.78 is 6.19. The number of pyridine rings is 1. The third kappa shape index (κ3) is 2.44. The highest BCUT2D eigenvalue weighted by molar-refractivity contribution is 9.10. The largest absolute Gasteiger partial charge is 0.467 e. The van der Waals surface area contributed by atoms with E-state index in [0.717, 1.165) is 21.7 Å². The number of anilines is 1. The normalized spacial score (nSPS) is 12.4. The summed E-state index contributed by atoms with van der Waals surface area (Å²) in [6, 6.07) is 7.91. The zero-order chi connectivity index (χ0) is 11.5. The van der Waals surface area contributed by atoms with Crippen molar-refractivity contribution < 1.29 is 4.42 Å². The van der Waals surface area contributed by atoms with Crippen molar-refractivity contribution in [2.45, 2.75) is 19.9 Å². The van der Waals surface area contributed by atoms with Gasteiger partial charge in [0.1, 0.15) is 10.4 Å². The van der Waals surface area contributed by atoms with Crippen molar-refractivity contribution in [2.75, 3.05) is 5.32 Å². The summed E-state index contributed by atoms with van der Waals surface area (Å²) in [5.74, 6) is 0.919. The summed E-state index contributed by atoms with van der Waals surface area (Å²) in [7, 11) is 0. The van der Waals surface area contributed by atoms with E-state index in [1.165, 1.54) is 0 Å². The molecule has 0 aliphatic carbocycles. The van der Waals surface area contributed by atoms with Crippen LogP contribution >= 0.6 is 15.9 Å². The van der Waals surface area contributed by atoms with Gasteiger partial charge in [-0.25, -0.2) is 4.98 Å². The van der Waals surface area contributed by atoms with Crippen molar-refractivity contribution >= 4 is 21.6 Å². The second-order valence-corrected chi connectivity index (χ2v) is 4.46. The average Bonchev–Trinajstić information content (AvgIpc) is 2.75. The van der Waals surface area contributed by atoms with Crippen LogP contribution in [0.25, 0.3) is 0 Å². The molecule has 2 rings (SSSR count). The van der Waals surface area contributed by atoms with E-state index in [9.17, 15) is 0 Å². The van der Waals surface area contributed by atoms with Crippen LogP contribution in [0.5, 0.6) is 0 Å². The lowest BCUT2D eigenvalue weighted by Gasteiger charge is -2.14. The minimum atomic E-state index is 0.136. The Morgan fingerprint density at radius 1 is 1.38 bits per heavy atom. The van der Waals surface area contributed by atoms with Gasteiger partial charge in [0.15, 0.2) is 0 Å². The van der Waals surface area contributed by atoms with E-state index in [0.29, 0.717) is 0 Å². The Labute approximate surface area is 103 Å². The fourth-order valence-electron chi connectivity index (χ4n) is 1.53. The molecule has 0 aliphatic rings. The van der Waals surface area contributed by atoms with Crippen LogP contribution in [0.15, 0.2) is 39.5 Å². The maximum atomic E-state index is 5.34. The van der Waals surface area contributed by atoms with Gasteiger partial charge in [-0.3, -0.25) is 0 Å². The maximum absolute atomic E-state index is 5.34. The number of hydrogen-bond acceptors (Lipinski definition) is 3. The van der Waals surface area contributed by atoms with Gasteiger partial charge in [-0.1, -0.05) is 0 Å². The Bertz CT molecular complexity index is 468. The average molecular weight is 281 g/mol. The standard InChI is InChI=1S/C12H13BrN2O/c1-8-10(5-6-12(13)15-8)14-9(2)11-4-3-7-16-11/h3-7,9,14H,1-2H3. The molecule has 0 spiro atoms. The molecule has 0 bridgehead atoms. The van der Waals surface area contributed by atoms with Crippen LogP contribution in [0.2, 0.25) is 0 Å². The van der Waals surface area contributed by atoms with Gasteiger partial charge in [0.25, 0.3) is 0 Å². The molecule has 0 saturated heterocycles. The molecule has 1 unspecified atom stereocenters. The van der Waals surface area contributed by atoms with E-state index < -0.39 is 0 Å². The Balaban J connectivity index is 2.15.